The first-order valence-corrected chi connectivity index (χ1v) is 10.6. The van der Waals surface area contributed by atoms with Crippen molar-refractivity contribution < 1.29 is 23.9 Å². The summed E-state index contributed by atoms with van der Waals surface area (Å²) >= 11 is 0. The molecule has 7 nitrogen and oxygen atoms in total. The lowest BCUT2D eigenvalue weighted by atomic mass is 10.1. The van der Waals surface area contributed by atoms with Crippen molar-refractivity contribution >= 4 is 23.5 Å². The molecule has 7 heteroatoms. The van der Waals surface area contributed by atoms with Gasteiger partial charge in [-0.25, -0.2) is 0 Å². The third-order valence-electron chi connectivity index (χ3n) is 4.70. The molecular formula is C26H26N2O5. The van der Waals surface area contributed by atoms with Crippen LogP contribution in [0.1, 0.15) is 35.3 Å². The van der Waals surface area contributed by atoms with Gasteiger partial charge < -0.3 is 20.1 Å². The quantitative estimate of drug-likeness (QED) is 0.381. The lowest BCUT2D eigenvalue weighted by Gasteiger charge is -2.13. The van der Waals surface area contributed by atoms with Gasteiger partial charge in [0.15, 0.2) is 0 Å². The first-order valence-electron chi connectivity index (χ1n) is 10.6. The average molecular weight is 447 g/mol. The number of benzene rings is 3. The van der Waals surface area contributed by atoms with Crippen LogP contribution in [0.5, 0.6) is 11.5 Å². The molecule has 170 valence electrons. The minimum Gasteiger partial charge on any atom is -0.494 e. The Kier molecular flexibility index (Phi) is 8.18. The van der Waals surface area contributed by atoms with E-state index in [2.05, 4.69) is 10.6 Å². The standard InChI is InChI=1S/C26H26N2O5/c1-3-32-22-13-11-19(12-14-22)15-25(30)27-17-21-7-4-5-10-24(21)28-26(31)20-8-6-9-23(16-20)33-18(2)29/h4-14,16H,3,15,17H2,1-2H3,(H,27,30)(H,28,31). The van der Waals surface area contributed by atoms with Gasteiger partial charge in [0.05, 0.1) is 13.0 Å². The Bertz CT molecular complexity index is 1130. The minimum atomic E-state index is -0.459. The summed E-state index contributed by atoms with van der Waals surface area (Å²) < 4.78 is 10.5. The Morgan fingerprint density at radius 3 is 2.36 bits per heavy atom. The van der Waals surface area contributed by atoms with Gasteiger partial charge >= 0.3 is 5.97 Å². The normalized spacial score (nSPS) is 10.2. The fourth-order valence-electron chi connectivity index (χ4n) is 3.17. The van der Waals surface area contributed by atoms with Gasteiger partial charge in [0.2, 0.25) is 5.91 Å². The van der Waals surface area contributed by atoms with Gasteiger partial charge in [-0.15, -0.1) is 0 Å². The zero-order chi connectivity index (χ0) is 23.6. The van der Waals surface area contributed by atoms with Gasteiger partial charge in [-0.2, -0.15) is 0 Å². The number of rotatable bonds is 9. The lowest BCUT2D eigenvalue weighted by molar-refractivity contribution is -0.131. The van der Waals surface area contributed by atoms with Crippen LogP contribution in [0.2, 0.25) is 0 Å². The molecule has 0 aliphatic carbocycles. The van der Waals surface area contributed by atoms with Crippen molar-refractivity contribution in [1.29, 1.82) is 0 Å². The molecule has 0 atom stereocenters. The number of anilines is 1. The van der Waals surface area contributed by atoms with E-state index in [1.807, 2.05) is 43.3 Å². The van der Waals surface area contributed by atoms with E-state index >= 15 is 0 Å². The van der Waals surface area contributed by atoms with Crippen LogP contribution >= 0.6 is 0 Å². The smallest absolute Gasteiger partial charge is 0.308 e. The highest BCUT2D eigenvalue weighted by Gasteiger charge is 2.12. The molecule has 0 radical (unpaired) electrons. The number of ether oxygens (including phenoxy) is 2. The SMILES string of the molecule is CCOc1ccc(CC(=O)NCc2ccccc2NC(=O)c2cccc(OC(C)=O)c2)cc1. The van der Waals surface area contributed by atoms with Gasteiger partial charge in [-0.3, -0.25) is 14.4 Å². The highest BCUT2D eigenvalue weighted by atomic mass is 16.5. The van der Waals surface area contributed by atoms with Gasteiger partial charge in [0, 0.05) is 24.7 Å². The zero-order valence-corrected chi connectivity index (χ0v) is 18.6. The largest absolute Gasteiger partial charge is 0.494 e. The number of nitrogens with one attached hydrogen (secondary N) is 2. The molecule has 33 heavy (non-hydrogen) atoms. The highest BCUT2D eigenvalue weighted by molar-refractivity contribution is 6.05. The summed E-state index contributed by atoms with van der Waals surface area (Å²) in [4.78, 5) is 36.3. The number of esters is 1. The first kappa shape index (κ1) is 23.5. The number of hydrogen-bond acceptors (Lipinski definition) is 5. The van der Waals surface area contributed by atoms with Crippen LogP contribution in [-0.4, -0.2) is 24.4 Å². The van der Waals surface area contributed by atoms with Gasteiger partial charge in [-0.05, 0) is 54.4 Å². The molecule has 0 aliphatic heterocycles. The summed E-state index contributed by atoms with van der Waals surface area (Å²) in [6.07, 6.45) is 0.240. The van der Waals surface area contributed by atoms with Crippen LogP contribution in [0, 0.1) is 0 Å². The summed E-state index contributed by atoms with van der Waals surface area (Å²) in [5, 5.41) is 5.75. The zero-order valence-electron chi connectivity index (χ0n) is 18.6. The van der Waals surface area contributed by atoms with Crippen molar-refractivity contribution in [2.45, 2.75) is 26.8 Å². The predicted octanol–water partition coefficient (Wildman–Crippen LogP) is 4.12. The Hall–Kier alpha value is -4.13. The molecule has 0 aliphatic rings. The van der Waals surface area contributed by atoms with E-state index in [-0.39, 0.29) is 24.8 Å². The number of hydrogen-bond donors (Lipinski definition) is 2. The first-order chi connectivity index (χ1) is 15.9. The fourth-order valence-corrected chi connectivity index (χ4v) is 3.17. The maximum absolute atomic E-state index is 12.7. The summed E-state index contributed by atoms with van der Waals surface area (Å²) in [6, 6.07) is 21.0. The molecule has 0 bridgehead atoms. The van der Waals surface area contributed by atoms with Gasteiger partial charge in [0.1, 0.15) is 11.5 Å². The topological polar surface area (TPSA) is 93.7 Å². The third-order valence-corrected chi connectivity index (χ3v) is 4.70. The summed E-state index contributed by atoms with van der Waals surface area (Å²) in [5.41, 5.74) is 2.58. The van der Waals surface area contributed by atoms with Crippen LogP contribution in [-0.2, 0) is 22.6 Å². The van der Waals surface area contributed by atoms with Crippen molar-refractivity contribution in [3.63, 3.8) is 0 Å². The molecule has 2 amide bonds. The second-order valence-electron chi connectivity index (χ2n) is 7.26. The molecular weight excluding hydrogens is 420 g/mol. The minimum absolute atomic E-state index is 0.130. The van der Waals surface area contributed by atoms with E-state index in [1.54, 1.807) is 30.3 Å². The molecule has 0 saturated carbocycles. The summed E-state index contributed by atoms with van der Waals surface area (Å²) in [5.74, 6) is 0.125. The van der Waals surface area contributed by atoms with Crippen LogP contribution < -0.4 is 20.1 Å². The van der Waals surface area contributed by atoms with Crippen molar-refractivity contribution in [1.82, 2.24) is 5.32 Å². The van der Waals surface area contributed by atoms with Gasteiger partial charge in [-0.1, -0.05) is 36.4 Å². The van der Waals surface area contributed by atoms with Crippen molar-refractivity contribution in [2.24, 2.45) is 0 Å². The van der Waals surface area contributed by atoms with E-state index < -0.39 is 5.97 Å². The van der Waals surface area contributed by atoms with Crippen molar-refractivity contribution in [3.8, 4) is 11.5 Å². The van der Waals surface area contributed by atoms with Crippen molar-refractivity contribution in [3.05, 3.63) is 89.5 Å². The van der Waals surface area contributed by atoms with E-state index in [0.29, 0.717) is 23.6 Å². The maximum atomic E-state index is 12.7. The number of carbonyl (C=O) groups excluding carboxylic acids is 3. The van der Waals surface area contributed by atoms with E-state index in [1.165, 1.54) is 13.0 Å². The maximum Gasteiger partial charge on any atom is 0.308 e. The van der Waals surface area contributed by atoms with E-state index in [0.717, 1.165) is 16.9 Å². The predicted molar refractivity (Wildman–Crippen MR) is 125 cm³/mol. The highest BCUT2D eigenvalue weighted by Crippen LogP contribution is 2.19. The molecule has 3 aromatic rings. The average Bonchev–Trinajstić information content (AvgIpc) is 2.80. The molecule has 3 aromatic carbocycles. The van der Waals surface area contributed by atoms with Crippen molar-refractivity contribution in [2.75, 3.05) is 11.9 Å². The van der Waals surface area contributed by atoms with Crippen LogP contribution in [0.4, 0.5) is 5.69 Å². The molecule has 0 fully saturated rings. The molecule has 0 aromatic heterocycles. The lowest BCUT2D eigenvalue weighted by Crippen LogP contribution is -2.25. The van der Waals surface area contributed by atoms with Crippen LogP contribution in [0.15, 0.2) is 72.8 Å². The monoisotopic (exact) mass is 446 g/mol. The number of para-hydroxylation sites is 1. The second-order valence-corrected chi connectivity index (χ2v) is 7.26. The summed E-state index contributed by atoms with van der Waals surface area (Å²) in [6.45, 7) is 4.07. The summed E-state index contributed by atoms with van der Waals surface area (Å²) in [7, 11) is 0. The fraction of sp³-hybridized carbons (Fsp3) is 0.192. The Labute approximate surface area is 192 Å². The van der Waals surface area contributed by atoms with Crippen LogP contribution in [0.3, 0.4) is 0 Å². The molecule has 0 unspecified atom stereocenters. The molecule has 3 rings (SSSR count). The third kappa shape index (κ3) is 7.21. The molecule has 2 N–H and O–H groups in total. The Morgan fingerprint density at radius 2 is 1.64 bits per heavy atom. The molecule has 0 spiro atoms. The second kappa shape index (κ2) is 11.5. The van der Waals surface area contributed by atoms with E-state index in [9.17, 15) is 14.4 Å². The van der Waals surface area contributed by atoms with Gasteiger partial charge in [0.25, 0.3) is 5.91 Å². The molecule has 0 saturated heterocycles. The molecule has 0 heterocycles. The van der Waals surface area contributed by atoms with E-state index in [4.69, 9.17) is 9.47 Å². The number of amides is 2. The number of carbonyl (C=O) groups is 3. The Morgan fingerprint density at radius 1 is 0.879 bits per heavy atom. The Balaban J connectivity index is 1.60. The van der Waals surface area contributed by atoms with Crippen LogP contribution in [0.25, 0.3) is 0 Å².